The Morgan fingerprint density at radius 1 is 1.15 bits per heavy atom. The van der Waals surface area contributed by atoms with Crippen LogP contribution < -0.4 is 5.32 Å². The lowest BCUT2D eigenvalue weighted by molar-refractivity contribution is -0.113. The van der Waals surface area contributed by atoms with Gasteiger partial charge in [-0.05, 0) is 58.5 Å². The molecule has 0 saturated carbocycles. The van der Waals surface area contributed by atoms with E-state index in [9.17, 15) is 4.79 Å². The van der Waals surface area contributed by atoms with Gasteiger partial charge >= 0.3 is 0 Å². The predicted octanol–water partition coefficient (Wildman–Crippen LogP) is 4.93. The van der Waals surface area contributed by atoms with E-state index in [0.29, 0.717) is 5.75 Å². The minimum absolute atomic E-state index is 0.0308. The summed E-state index contributed by atoms with van der Waals surface area (Å²) in [5.41, 5.74) is 2.05. The van der Waals surface area contributed by atoms with Crippen LogP contribution in [0.3, 0.4) is 0 Å². The maximum absolute atomic E-state index is 11.8. The van der Waals surface area contributed by atoms with Crippen LogP contribution in [0.1, 0.15) is 5.56 Å². The number of hydrogen-bond acceptors (Lipinski definition) is 2. The summed E-state index contributed by atoms with van der Waals surface area (Å²) in [7, 11) is 0. The summed E-state index contributed by atoms with van der Waals surface area (Å²) >= 11 is 7.36. The monoisotopic (exact) mass is 461 g/mol. The van der Waals surface area contributed by atoms with E-state index < -0.39 is 0 Å². The molecule has 2 nitrogen and oxygen atoms in total. The first-order chi connectivity index (χ1) is 9.65. The van der Waals surface area contributed by atoms with Crippen molar-refractivity contribution in [1.29, 1.82) is 0 Å². The molecule has 0 unspecified atom stereocenters. The molecule has 0 atom stereocenters. The highest BCUT2D eigenvalue weighted by Gasteiger charge is 2.04. The Balaban J connectivity index is 1.78. The van der Waals surface area contributed by atoms with Gasteiger partial charge < -0.3 is 5.32 Å². The van der Waals surface area contributed by atoms with Crippen LogP contribution in [-0.4, -0.2) is 11.7 Å². The van der Waals surface area contributed by atoms with E-state index in [1.807, 2.05) is 42.5 Å². The molecule has 0 aliphatic carbocycles. The Bertz CT molecular complexity index is 589. The molecule has 1 amide bonds. The van der Waals surface area contributed by atoms with E-state index in [0.717, 1.165) is 19.5 Å². The molecule has 5 heteroatoms. The van der Waals surface area contributed by atoms with Gasteiger partial charge in [-0.2, -0.15) is 0 Å². The Morgan fingerprint density at radius 3 is 2.55 bits per heavy atom. The fourth-order valence-corrected chi connectivity index (χ4v) is 3.40. The maximum atomic E-state index is 11.8. The van der Waals surface area contributed by atoms with E-state index in [1.165, 1.54) is 5.56 Å². The fourth-order valence-electron chi connectivity index (χ4n) is 1.60. The van der Waals surface area contributed by atoms with Crippen molar-refractivity contribution in [3.8, 4) is 0 Å². The molecule has 20 heavy (non-hydrogen) atoms. The molecular weight excluding hydrogens is 449 g/mol. The third-order valence-electron chi connectivity index (χ3n) is 2.58. The van der Waals surface area contributed by atoms with Crippen LogP contribution in [0.2, 0.25) is 0 Å². The Labute approximate surface area is 145 Å². The zero-order valence-corrected chi connectivity index (χ0v) is 15.2. The van der Waals surface area contributed by atoms with Crippen LogP contribution in [0.25, 0.3) is 0 Å². The normalized spacial score (nSPS) is 10.3. The maximum Gasteiger partial charge on any atom is 0.234 e. The van der Waals surface area contributed by atoms with Gasteiger partial charge in [-0.25, -0.2) is 0 Å². The molecule has 0 bridgehead atoms. The summed E-state index contributed by atoms with van der Waals surface area (Å²) in [5, 5.41) is 2.90. The Morgan fingerprint density at radius 2 is 1.85 bits per heavy atom. The summed E-state index contributed by atoms with van der Waals surface area (Å²) < 4.78 is 2.24. The zero-order chi connectivity index (χ0) is 14.4. The quantitative estimate of drug-likeness (QED) is 0.640. The molecule has 2 aromatic carbocycles. The van der Waals surface area contributed by atoms with Gasteiger partial charge in [-0.15, -0.1) is 11.8 Å². The summed E-state index contributed by atoms with van der Waals surface area (Å²) in [6.07, 6.45) is 0. The van der Waals surface area contributed by atoms with Gasteiger partial charge in [0.25, 0.3) is 0 Å². The summed E-state index contributed by atoms with van der Waals surface area (Å²) in [6, 6.07) is 15.9. The van der Waals surface area contributed by atoms with Gasteiger partial charge in [-0.3, -0.25) is 4.79 Å². The van der Waals surface area contributed by atoms with Gasteiger partial charge in [0, 0.05) is 19.5 Å². The first-order valence-electron chi connectivity index (χ1n) is 6.02. The van der Waals surface area contributed by atoms with Crippen LogP contribution in [0.5, 0.6) is 0 Å². The van der Waals surface area contributed by atoms with Crippen LogP contribution >= 0.6 is 50.3 Å². The number of thioether (sulfide) groups is 1. The lowest BCUT2D eigenvalue weighted by Crippen LogP contribution is -2.14. The van der Waals surface area contributed by atoms with E-state index >= 15 is 0 Å². The van der Waals surface area contributed by atoms with Crippen molar-refractivity contribution in [3.63, 3.8) is 0 Å². The molecule has 0 heterocycles. The molecule has 0 aliphatic rings. The molecule has 0 aliphatic heterocycles. The minimum Gasteiger partial charge on any atom is -0.325 e. The Hall–Kier alpha value is -0.530. The molecule has 0 radical (unpaired) electrons. The number of anilines is 1. The molecule has 2 rings (SSSR count). The van der Waals surface area contributed by atoms with E-state index in [1.54, 1.807) is 11.8 Å². The molecular formula is C15H13BrINOS. The number of hydrogen-bond donors (Lipinski definition) is 1. The van der Waals surface area contributed by atoms with Gasteiger partial charge in [0.2, 0.25) is 5.91 Å². The van der Waals surface area contributed by atoms with Crippen LogP contribution in [0, 0.1) is 3.57 Å². The first-order valence-corrected chi connectivity index (χ1v) is 9.04. The second kappa shape index (κ2) is 8.05. The topological polar surface area (TPSA) is 29.1 Å². The SMILES string of the molecule is O=C(CSCc1ccccc1Br)Nc1ccc(I)cc1. The fraction of sp³-hybridized carbons (Fsp3) is 0.133. The van der Waals surface area contributed by atoms with Crippen molar-refractivity contribution in [2.75, 3.05) is 11.1 Å². The lowest BCUT2D eigenvalue weighted by Gasteiger charge is -2.06. The van der Waals surface area contributed by atoms with Crippen LogP contribution in [0.4, 0.5) is 5.69 Å². The molecule has 104 valence electrons. The molecule has 1 N–H and O–H groups in total. The van der Waals surface area contributed by atoms with Gasteiger partial charge in [0.05, 0.1) is 5.75 Å². The summed E-state index contributed by atoms with van der Waals surface area (Å²) in [5.74, 6) is 1.30. The van der Waals surface area contributed by atoms with Crippen LogP contribution in [0.15, 0.2) is 53.0 Å². The van der Waals surface area contributed by atoms with Gasteiger partial charge in [-0.1, -0.05) is 34.1 Å². The number of benzene rings is 2. The molecule has 0 spiro atoms. The molecule has 0 saturated heterocycles. The average molecular weight is 462 g/mol. The third-order valence-corrected chi connectivity index (χ3v) is 5.05. The number of rotatable bonds is 5. The van der Waals surface area contributed by atoms with E-state index in [2.05, 4.69) is 49.9 Å². The van der Waals surface area contributed by atoms with Crippen molar-refractivity contribution in [2.45, 2.75) is 5.75 Å². The highest BCUT2D eigenvalue weighted by molar-refractivity contribution is 14.1. The smallest absolute Gasteiger partial charge is 0.234 e. The average Bonchev–Trinajstić information content (AvgIpc) is 2.43. The van der Waals surface area contributed by atoms with Crippen molar-refractivity contribution in [3.05, 3.63) is 62.1 Å². The lowest BCUT2D eigenvalue weighted by atomic mass is 10.2. The second-order valence-electron chi connectivity index (χ2n) is 4.14. The largest absolute Gasteiger partial charge is 0.325 e. The summed E-state index contributed by atoms with van der Waals surface area (Å²) in [6.45, 7) is 0. The first kappa shape index (κ1) is 15.9. The van der Waals surface area contributed by atoms with Crippen LogP contribution in [-0.2, 0) is 10.5 Å². The molecule has 0 aromatic heterocycles. The number of nitrogens with one attached hydrogen (secondary N) is 1. The highest BCUT2D eigenvalue weighted by atomic mass is 127. The van der Waals surface area contributed by atoms with E-state index in [4.69, 9.17) is 0 Å². The number of halogens is 2. The highest BCUT2D eigenvalue weighted by Crippen LogP contribution is 2.21. The minimum atomic E-state index is 0.0308. The standard InChI is InChI=1S/C15H13BrINOS/c16-14-4-2-1-3-11(14)9-20-10-15(19)18-13-7-5-12(17)6-8-13/h1-8H,9-10H2,(H,18,19). The third kappa shape index (κ3) is 5.10. The second-order valence-corrected chi connectivity index (χ2v) is 7.22. The Kier molecular flexibility index (Phi) is 6.38. The van der Waals surface area contributed by atoms with Gasteiger partial charge in [0.15, 0.2) is 0 Å². The molecule has 0 fully saturated rings. The van der Waals surface area contributed by atoms with Crippen molar-refractivity contribution in [2.24, 2.45) is 0 Å². The summed E-state index contributed by atoms with van der Waals surface area (Å²) in [4.78, 5) is 11.8. The van der Waals surface area contributed by atoms with Gasteiger partial charge in [0.1, 0.15) is 0 Å². The van der Waals surface area contributed by atoms with Crippen molar-refractivity contribution >= 4 is 61.9 Å². The molecule has 2 aromatic rings. The predicted molar refractivity (Wildman–Crippen MR) is 98.1 cm³/mol. The number of amides is 1. The van der Waals surface area contributed by atoms with Crippen molar-refractivity contribution < 1.29 is 4.79 Å². The number of carbonyl (C=O) groups excluding carboxylic acids is 1. The van der Waals surface area contributed by atoms with E-state index in [-0.39, 0.29) is 5.91 Å². The zero-order valence-electron chi connectivity index (χ0n) is 10.6. The van der Waals surface area contributed by atoms with Crippen molar-refractivity contribution in [1.82, 2.24) is 0 Å². The number of carbonyl (C=O) groups is 1.